The molecule has 210 valence electrons. The number of halogens is 3. The van der Waals surface area contributed by atoms with Crippen LogP contribution in [-0.4, -0.2) is 45.4 Å². The second-order valence-electron chi connectivity index (χ2n) is 9.33. The van der Waals surface area contributed by atoms with E-state index in [0.29, 0.717) is 54.1 Å². The predicted octanol–water partition coefficient (Wildman–Crippen LogP) is 6.88. The molecule has 0 unspecified atom stereocenters. The summed E-state index contributed by atoms with van der Waals surface area (Å²) in [5.41, 5.74) is 1.97. The number of methoxy groups -OCH3 is 2. The molecule has 0 N–H and O–H groups in total. The maximum Gasteiger partial charge on any atom is 0.416 e. The topological polar surface area (TPSA) is 49.4 Å². The normalized spacial score (nSPS) is 14.2. The molecule has 0 saturated carbocycles. The molecule has 9 heteroatoms. The van der Waals surface area contributed by atoms with E-state index < -0.39 is 11.7 Å². The van der Waals surface area contributed by atoms with Crippen molar-refractivity contribution in [2.45, 2.75) is 39.1 Å². The summed E-state index contributed by atoms with van der Waals surface area (Å²) in [6.07, 6.45) is -2.47. The molecule has 4 rings (SSSR count). The maximum absolute atomic E-state index is 13.0. The molecule has 0 atom stereocenters. The SMILES string of the molecule is CCCc1ccc(Oc2cc(CN3CCOCC3)cc(OC)c2OCc2ccc(C(F)(F)F)cc2)c(OC)c1. The van der Waals surface area contributed by atoms with E-state index in [0.717, 1.165) is 49.2 Å². The molecule has 0 radical (unpaired) electrons. The van der Waals surface area contributed by atoms with Crippen LogP contribution in [0.5, 0.6) is 28.7 Å². The van der Waals surface area contributed by atoms with Crippen molar-refractivity contribution in [3.63, 3.8) is 0 Å². The number of hydrogen-bond donors (Lipinski definition) is 0. The number of nitrogens with zero attached hydrogens (tertiary/aromatic N) is 1. The maximum atomic E-state index is 13.0. The highest BCUT2D eigenvalue weighted by atomic mass is 19.4. The summed E-state index contributed by atoms with van der Waals surface area (Å²) in [4.78, 5) is 2.28. The molecule has 0 aliphatic carbocycles. The van der Waals surface area contributed by atoms with Crippen LogP contribution in [0.3, 0.4) is 0 Å². The first-order valence-electron chi connectivity index (χ1n) is 13.0. The first-order valence-corrected chi connectivity index (χ1v) is 13.0. The molecular formula is C30H34F3NO5. The lowest BCUT2D eigenvalue weighted by molar-refractivity contribution is -0.137. The zero-order chi connectivity index (χ0) is 27.8. The summed E-state index contributed by atoms with van der Waals surface area (Å²) < 4.78 is 68.2. The summed E-state index contributed by atoms with van der Waals surface area (Å²) in [5, 5.41) is 0. The van der Waals surface area contributed by atoms with E-state index in [-0.39, 0.29) is 6.61 Å². The van der Waals surface area contributed by atoms with E-state index in [2.05, 4.69) is 11.8 Å². The van der Waals surface area contributed by atoms with E-state index in [1.807, 2.05) is 30.3 Å². The summed E-state index contributed by atoms with van der Waals surface area (Å²) in [6, 6.07) is 14.5. The van der Waals surface area contributed by atoms with Gasteiger partial charge >= 0.3 is 6.18 Å². The van der Waals surface area contributed by atoms with E-state index in [1.165, 1.54) is 12.1 Å². The van der Waals surface area contributed by atoms with Crippen LogP contribution < -0.4 is 18.9 Å². The Hall–Kier alpha value is -3.43. The minimum Gasteiger partial charge on any atom is -0.493 e. The number of aryl methyl sites for hydroxylation is 1. The third kappa shape index (κ3) is 7.58. The molecule has 0 amide bonds. The number of ether oxygens (including phenoxy) is 5. The van der Waals surface area contributed by atoms with Crippen LogP contribution in [0.25, 0.3) is 0 Å². The number of benzene rings is 3. The lowest BCUT2D eigenvalue weighted by Gasteiger charge is -2.27. The zero-order valence-electron chi connectivity index (χ0n) is 22.5. The quantitative estimate of drug-likeness (QED) is 0.262. The fraction of sp³-hybridized carbons (Fsp3) is 0.400. The molecule has 1 heterocycles. The molecule has 0 bridgehead atoms. The second-order valence-corrected chi connectivity index (χ2v) is 9.33. The van der Waals surface area contributed by atoms with Crippen LogP contribution in [0.15, 0.2) is 54.6 Å². The van der Waals surface area contributed by atoms with E-state index in [9.17, 15) is 13.2 Å². The van der Waals surface area contributed by atoms with Gasteiger partial charge in [-0.2, -0.15) is 13.2 Å². The summed E-state index contributed by atoms with van der Waals surface area (Å²) in [5.74, 6) is 2.34. The van der Waals surface area contributed by atoms with Gasteiger partial charge in [-0.3, -0.25) is 4.90 Å². The van der Waals surface area contributed by atoms with Crippen molar-refractivity contribution in [2.75, 3.05) is 40.5 Å². The molecule has 0 spiro atoms. The number of rotatable bonds is 11. The second kappa shape index (κ2) is 13.1. The van der Waals surface area contributed by atoms with E-state index in [4.69, 9.17) is 23.7 Å². The Labute approximate surface area is 227 Å². The van der Waals surface area contributed by atoms with E-state index >= 15 is 0 Å². The molecule has 3 aromatic carbocycles. The molecule has 1 fully saturated rings. The largest absolute Gasteiger partial charge is 0.493 e. The first kappa shape index (κ1) is 28.6. The lowest BCUT2D eigenvalue weighted by atomic mass is 10.1. The molecule has 1 aliphatic rings. The standard InChI is InChI=1S/C30H34F3NO5/c1-4-5-21-8-11-25(26(16-21)35-2)39-28-18-23(19-34-12-14-37-15-13-34)17-27(36-3)29(28)38-20-22-6-9-24(10-7-22)30(31,32)33/h6-11,16-18H,4-5,12-15,19-20H2,1-3H3. The molecular weight excluding hydrogens is 511 g/mol. The molecule has 1 aliphatic heterocycles. The summed E-state index contributed by atoms with van der Waals surface area (Å²) >= 11 is 0. The van der Waals surface area contributed by atoms with Gasteiger partial charge in [-0.25, -0.2) is 0 Å². The van der Waals surface area contributed by atoms with E-state index in [1.54, 1.807) is 14.2 Å². The van der Waals surface area contributed by atoms with Gasteiger partial charge in [0.25, 0.3) is 0 Å². The van der Waals surface area contributed by atoms with Gasteiger partial charge in [-0.05, 0) is 59.5 Å². The van der Waals surface area contributed by atoms with Crippen molar-refractivity contribution in [3.8, 4) is 28.7 Å². The van der Waals surface area contributed by atoms with Crippen LogP contribution in [0.2, 0.25) is 0 Å². The van der Waals surface area contributed by atoms with Gasteiger partial charge < -0.3 is 23.7 Å². The van der Waals surface area contributed by atoms with Gasteiger partial charge in [0.05, 0.1) is 33.0 Å². The zero-order valence-corrected chi connectivity index (χ0v) is 22.5. The highest BCUT2D eigenvalue weighted by Gasteiger charge is 2.30. The Balaban J connectivity index is 1.65. The molecule has 39 heavy (non-hydrogen) atoms. The molecule has 1 saturated heterocycles. The minimum atomic E-state index is -4.40. The molecule has 6 nitrogen and oxygen atoms in total. The van der Waals surface area contributed by atoms with Crippen LogP contribution in [0, 0.1) is 0 Å². The number of morpholine rings is 1. The fourth-order valence-corrected chi connectivity index (χ4v) is 4.41. The van der Waals surface area contributed by atoms with Crippen LogP contribution in [0.4, 0.5) is 13.2 Å². The monoisotopic (exact) mass is 545 g/mol. The average molecular weight is 546 g/mol. The lowest BCUT2D eigenvalue weighted by Crippen LogP contribution is -2.35. The van der Waals surface area contributed by atoms with Gasteiger partial charge in [0.2, 0.25) is 5.75 Å². The van der Waals surface area contributed by atoms with Crippen LogP contribution >= 0.6 is 0 Å². The number of alkyl halides is 3. The average Bonchev–Trinajstić information content (AvgIpc) is 2.93. The van der Waals surface area contributed by atoms with Crippen molar-refractivity contribution < 1.29 is 36.9 Å². The van der Waals surface area contributed by atoms with Crippen molar-refractivity contribution in [3.05, 3.63) is 76.9 Å². The first-order chi connectivity index (χ1) is 18.8. The van der Waals surface area contributed by atoms with Gasteiger partial charge in [0.15, 0.2) is 23.0 Å². The minimum absolute atomic E-state index is 0.0280. The van der Waals surface area contributed by atoms with Gasteiger partial charge in [-0.15, -0.1) is 0 Å². The van der Waals surface area contributed by atoms with Gasteiger partial charge in [0, 0.05) is 19.6 Å². The Morgan fingerprint density at radius 2 is 1.44 bits per heavy atom. The Morgan fingerprint density at radius 3 is 2.08 bits per heavy atom. The van der Waals surface area contributed by atoms with Crippen LogP contribution in [0.1, 0.15) is 35.6 Å². The van der Waals surface area contributed by atoms with Crippen molar-refractivity contribution in [1.82, 2.24) is 4.90 Å². The predicted molar refractivity (Wildman–Crippen MR) is 142 cm³/mol. The third-order valence-electron chi connectivity index (χ3n) is 6.46. The van der Waals surface area contributed by atoms with Crippen molar-refractivity contribution in [2.24, 2.45) is 0 Å². The Bertz CT molecular complexity index is 1220. The van der Waals surface area contributed by atoms with Crippen molar-refractivity contribution >= 4 is 0 Å². The third-order valence-corrected chi connectivity index (χ3v) is 6.46. The Morgan fingerprint density at radius 1 is 0.795 bits per heavy atom. The molecule has 3 aromatic rings. The summed E-state index contributed by atoms with van der Waals surface area (Å²) in [6.45, 7) is 5.80. The number of hydrogen-bond acceptors (Lipinski definition) is 6. The Kier molecular flexibility index (Phi) is 9.59. The van der Waals surface area contributed by atoms with Crippen molar-refractivity contribution in [1.29, 1.82) is 0 Å². The highest BCUT2D eigenvalue weighted by Crippen LogP contribution is 2.44. The molecule has 0 aromatic heterocycles. The summed E-state index contributed by atoms with van der Waals surface area (Å²) in [7, 11) is 3.14. The fourth-order valence-electron chi connectivity index (χ4n) is 4.41. The highest BCUT2D eigenvalue weighted by molar-refractivity contribution is 5.57. The van der Waals surface area contributed by atoms with Gasteiger partial charge in [-0.1, -0.05) is 31.5 Å². The van der Waals surface area contributed by atoms with Crippen LogP contribution in [-0.2, 0) is 30.5 Å². The van der Waals surface area contributed by atoms with Gasteiger partial charge in [0.1, 0.15) is 6.61 Å². The smallest absolute Gasteiger partial charge is 0.416 e.